The molecule has 0 aliphatic rings. The normalized spacial score (nSPS) is 11.0. The molecule has 0 unspecified atom stereocenters. The van der Waals surface area contributed by atoms with Crippen LogP contribution in [0.1, 0.15) is 23.0 Å². The van der Waals surface area contributed by atoms with E-state index in [-0.39, 0.29) is 17.9 Å². The molecule has 0 saturated carbocycles. The topological polar surface area (TPSA) is 63.9 Å². The Bertz CT molecular complexity index is 917. The van der Waals surface area contributed by atoms with Gasteiger partial charge in [0.15, 0.2) is 0 Å². The number of aliphatic imine (C=N–C) groups is 1. The Balaban J connectivity index is 2.97. The highest BCUT2D eigenvalue weighted by molar-refractivity contribution is 9.10. The summed E-state index contributed by atoms with van der Waals surface area (Å²) in [5, 5.41) is 0. The molecule has 2 rings (SSSR count). The molecule has 7 heteroatoms. The summed E-state index contributed by atoms with van der Waals surface area (Å²) < 4.78 is 7.44. The molecule has 26 heavy (non-hydrogen) atoms. The van der Waals surface area contributed by atoms with Crippen molar-refractivity contribution >= 4 is 33.9 Å². The number of ether oxygens (including phenoxy) is 1. The molecule has 0 aliphatic heterocycles. The van der Waals surface area contributed by atoms with Crippen LogP contribution in [0.15, 0.2) is 38.5 Å². The summed E-state index contributed by atoms with van der Waals surface area (Å²) in [5.74, 6) is -0.479. The summed E-state index contributed by atoms with van der Waals surface area (Å²) in [6.07, 6.45) is 1.54. The lowest BCUT2D eigenvalue weighted by Crippen LogP contribution is -2.24. The van der Waals surface area contributed by atoms with Crippen LogP contribution in [0.25, 0.3) is 11.1 Å². The van der Waals surface area contributed by atoms with Crippen molar-refractivity contribution in [1.82, 2.24) is 9.47 Å². The second kappa shape index (κ2) is 8.31. The maximum atomic E-state index is 12.9. The van der Waals surface area contributed by atoms with E-state index in [0.717, 1.165) is 4.47 Å². The van der Waals surface area contributed by atoms with Crippen LogP contribution in [0.4, 0.5) is 5.69 Å². The minimum atomic E-state index is -0.479. The van der Waals surface area contributed by atoms with Crippen molar-refractivity contribution in [3.05, 3.63) is 50.3 Å². The van der Waals surface area contributed by atoms with E-state index in [1.165, 1.54) is 4.57 Å². The first-order valence-electron chi connectivity index (χ1n) is 8.15. The highest BCUT2D eigenvalue weighted by atomic mass is 79.9. The number of carbonyl (C=O) groups is 1. The first-order valence-corrected chi connectivity index (χ1v) is 8.95. The molecule has 0 atom stereocenters. The summed E-state index contributed by atoms with van der Waals surface area (Å²) in [4.78, 5) is 31.7. The summed E-state index contributed by atoms with van der Waals surface area (Å²) in [7, 11) is 5.25. The van der Waals surface area contributed by atoms with Crippen LogP contribution in [0.3, 0.4) is 0 Å². The molecule has 0 aliphatic carbocycles. The number of rotatable bonds is 5. The molecule has 1 heterocycles. The van der Waals surface area contributed by atoms with Gasteiger partial charge in [-0.25, -0.2) is 9.79 Å². The van der Waals surface area contributed by atoms with Gasteiger partial charge in [-0.2, -0.15) is 0 Å². The summed E-state index contributed by atoms with van der Waals surface area (Å²) >= 11 is 3.51. The van der Waals surface area contributed by atoms with Crippen LogP contribution < -0.4 is 5.56 Å². The van der Waals surface area contributed by atoms with Gasteiger partial charge in [0.2, 0.25) is 0 Å². The number of hydrogen-bond acceptors (Lipinski definition) is 4. The predicted molar refractivity (Wildman–Crippen MR) is 107 cm³/mol. The van der Waals surface area contributed by atoms with Crippen LogP contribution in [0.2, 0.25) is 0 Å². The van der Waals surface area contributed by atoms with Crippen LogP contribution in [0.5, 0.6) is 0 Å². The predicted octanol–water partition coefficient (Wildman–Crippen LogP) is 3.52. The van der Waals surface area contributed by atoms with Crippen LogP contribution in [0, 0.1) is 6.92 Å². The maximum Gasteiger partial charge on any atom is 0.340 e. The fraction of sp³-hybridized carbons (Fsp3) is 0.316. The van der Waals surface area contributed by atoms with Gasteiger partial charge in [-0.15, -0.1) is 0 Å². The third kappa shape index (κ3) is 3.88. The molecule has 0 N–H and O–H groups in total. The number of carbonyl (C=O) groups excluding carboxylic acids is 1. The third-order valence-electron chi connectivity index (χ3n) is 3.90. The van der Waals surface area contributed by atoms with E-state index < -0.39 is 5.97 Å². The summed E-state index contributed by atoms with van der Waals surface area (Å²) in [6.45, 7) is 3.72. The number of nitrogens with zero attached hydrogens (tertiary/aromatic N) is 3. The quantitative estimate of drug-likeness (QED) is 0.422. The molecule has 2 aromatic rings. The van der Waals surface area contributed by atoms with E-state index in [1.54, 1.807) is 32.1 Å². The van der Waals surface area contributed by atoms with E-state index in [0.29, 0.717) is 22.4 Å². The minimum Gasteiger partial charge on any atom is -0.462 e. The Hall–Kier alpha value is -2.41. The van der Waals surface area contributed by atoms with Crippen molar-refractivity contribution in [2.75, 3.05) is 20.7 Å². The molecule has 0 spiro atoms. The first kappa shape index (κ1) is 19.9. The van der Waals surface area contributed by atoms with Crippen molar-refractivity contribution in [3.63, 3.8) is 0 Å². The number of hydrogen-bond donors (Lipinski definition) is 0. The minimum absolute atomic E-state index is 0.196. The molecular weight excluding hydrogens is 398 g/mol. The van der Waals surface area contributed by atoms with Gasteiger partial charge in [0, 0.05) is 36.9 Å². The highest BCUT2D eigenvalue weighted by Crippen LogP contribution is 2.37. The fourth-order valence-corrected chi connectivity index (χ4v) is 3.04. The third-order valence-corrected chi connectivity index (χ3v) is 4.59. The van der Waals surface area contributed by atoms with Gasteiger partial charge < -0.3 is 14.2 Å². The van der Waals surface area contributed by atoms with E-state index >= 15 is 0 Å². The maximum absolute atomic E-state index is 12.9. The molecule has 138 valence electrons. The van der Waals surface area contributed by atoms with Crippen molar-refractivity contribution < 1.29 is 9.53 Å². The van der Waals surface area contributed by atoms with E-state index in [9.17, 15) is 9.59 Å². The second-order valence-electron chi connectivity index (χ2n) is 5.96. The fourth-order valence-electron chi connectivity index (χ4n) is 2.56. The molecule has 1 aromatic heterocycles. The standard InChI is InChI=1S/C19H22BrN3O3/c1-6-26-19(25)15-12(2)23(5)18(24)17(21-11-22(3)4)16(15)13-9-7-8-10-14(13)20/h7-11H,6H2,1-5H3. The Morgan fingerprint density at radius 3 is 2.58 bits per heavy atom. The van der Waals surface area contributed by atoms with Gasteiger partial charge in [0.05, 0.1) is 18.5 Å². The zero-order chi connectivity index (χ0) is 19.4. The van der Waals surface area contributed by atoms with E-state index in [4.69, 9.17) is 4.74 Å². The van der Waals surface area contributed by atoms with Crippen molar-refractivity contribution in [3.8, 4) is 11.1 Å². The Morgan fingerprint density at radius 2 is 2.00 bits per heavy atom. The lowest BCUT2D eigenvalue weighted by molar-refractivity contribution is 0.0525. The molecule has 0 radical (unpaired) electrons. The lowest BCUT2D eigenvalue weighted by atomic mass is 9.97. The Morgan fingerprint density at radius 1 is 1.35 bits per heavy atom. The van der Waals surface area contributed by atoms with Crippen LogP contribution in [-0.4, -0.2) is 42.5 Å². The van der Waals surface area contributed by atoms with E-state index in [2.05, 4.69) is 20.9 Å². The molecule has 0 bridgehead atoms. The van der Waals surface area contributed by atoms with Crippen molar-refractivity contribution in [2.45, 2.75) is 13.8 Å². The second-order valence-corrected chi connectivity index (χ2v) is 6.81. The number of benzene rings is 1. The van der Waals surface area contributed by atoms with Crippen LogP contribution in [-0.2, 0) is 11.8 Å². The first-order chi connectivity index (χ1) is 12.3. The summed E-state index contributed by atoms with van der Waals surface area (Å²) in [6, 6.07) is 7.42. The Labute approximate surface area is 161 Å². The zero-order valence-corrected chi connectivity index (χ0v) is 17.1. The molecule has 1 aromatic carbocycles. The molecule has 6 nitrogen and oxygen atoms in total. The average Bonchev–Trinajstić information content (AvgIpc) is 2.59. The van der Waals surface area contributed by atoms with Crippen molar-refractivity contribution in [2.24, 2.45) is 12.0 Å². The number of aromatic nitrogens is 1. The largest absolute Gasteiger partial charge is 0.462 e. The van der Waals surface area contributed by atoms with Gasteiger partial charge in [-0.1, -0.05) is 34.1 Å². The van der Waals surface area contributed by atoms with Gasteiger partial charge in [-0.05, 0) is 25.5 Å². The molecule has 0 saturated heterocycles. The van der Waals surface area contributed by atoms with Crippen molar-refractivity contribution in [1.29, 1.82) is 0 Å². The average molecular weight is 420 g/mol. The summed E-state index contributed by atoms with van der Waals surface area (Å²) in [5.41, 5.74) is 1.97. The molecule has 0 amide bonds. The highest BCUT2D eigenvalue weighted by Gasteiger charge is 2.26. The number of esters is 1. The zero-order valence-electron chi connectivity index (χ0n) is 15.5. The van der Waals surface area contributed by atoms with Gasteiger partial charge in [0.1, 0.15) is 5.69 Å². The number of pyridine rings is 1. The number of halogens is 1. The SMILES string of the molecule is CCOC(=O)c1c(-c2ccccc2Br)c(N=CN(C)C)c(=O)n(C)c1C. The van der Waals surface area contributed by atoms with Gasteiger partial charge in [-0.3, -0.25) is 4.79 Å². The lowest BCUT2D eigenvalue weighted by Gasteiger charge is -2.18. The Kier molecular flexibility index (Phi) is 6.37. The monoisotopic (exact) mass is 419 g/mol. The molecular formula is C19H22BrN3O3. The van der Waals surface area contributed by atoms with Crippen LogP contribution >= 0.6 is 15.9 Å². The van der Waals surface area contributed by atoms with Gasteiger partial charge in [0.25, 0.3) is 5.56 Å². The van der Waals surface area contributed by atoms with Gasteiger partial charge >= 0.3 is 5.97 Å². The smallest absolute Gasteiger partial charge is 0.340 e. The molecule has 0 fully saturated rings. The van der Waals surface area contributed by atoms with E-state index in [1.807, 2.05) is 38.4 Å².